The van der Waals surface area contributed by atoms with Crippen LogP contribution in [0.15, 0.2) is 42.6 Å². The normalized spacial score (nSPS) is 15.2. The molecule has 0 saturated carbocycles. The molecule has 36 heavy (non-hydrogen) atoms. The van der Waals surface area contributed by atoms with Crippen LogP contribution in [0.1, 0.15) is 31.4 Å². The topological polar surface area (TPSA) is 48.4 Å². The van der Waals surface area contributed by atoms with Gasteiger partial charge < -0.3 is 14.7 Å². The van der Waals surface area contributed by atoms with Gasteiger partial charge in [0.2, 0.25) is 5.95 Å². The molecule has 1 unspecified atom stereocenters. The fourth-order valence-electron chi connectivity index (χ4n) is 4.18. The summed E-state index contributed by atoms with van der Waals surface area (Å²) in [6, 6.07) is 9.30. The molecule has 6 nitrogen and oxygen atoms in total. The third-order valence-corrected chi connectivity index (χ3v) is 6.72. The summed E-state index contributed by atoms with van der Waals surface area (Å²) in [5.74, 6) is 0.898. The van der Waals surface area contributed by atoms with Gasteiger partial charge in [0.15, 0.2) is 0 Å². The van der Waals surface area contributed by atoms with E-state index in [4.69, 9.17) is 9.97 Å². The maximum absolute atomic E-state index is 13.9. The maximum Gasteiger partial charge on any atom is 0.419 e. The molecule has 0 N–H and O–H groups in total. The van der Waals surface area contributed by atoms with Gasteiger partial charge in [-0.15, -0.1) is 0 Å². The van der Waals surface area contributed by atoms with Crippen molar-refractivity contribution < 1.29 is 17.6 Å². The zero-order chi connectivity index (χ0) is 26.0. The number of anilines is 3. The van der Waals surface area contributed by atoms with E-state index in [9.17, 15) is 17.6 Å². The molecule has 2 aromatic heterocycles. The Morgan fingerprint density at radius 2 is 1.72 bits per heavy atom. The van der Waals surface area contributed by atoms with Crippen LogP contribution in [-0.2, 0) is 6.18 Å². The van der Waals surface area contributed by atoms with Crippen LogP contribution < -0.4 is 14.7 Å². The molecular formula is C26H30F4N6. The number of aromatic nitrogens is 3. The summed E-state index contributed by atoms with van der Waals surface area (Å²) in [6.07, 6.45) is -2.18. The van der Waals surface area contributed by atoms with Crippen molar-refractivity contribution in [3.8, 4) is 11.3 Å². The zero-order valence-electron chi connectivity index (χ0n) is 20.8. The average Bonchev–Trinajstić information content (AvgIpc) is 2.88. The molecule has 0 bridgehead atoms. The Balaban J connectivity index is 1.64. The van der Waals surface area contributed by atoms with E-state index in [0.717, 1.165) is 18.1 Å². The van der Waals surface area contributed by atoms with Crippen LogP contribution in [0.4, 0.5) is 35.1 Å². The summed E-state index contributed by atoms with van der Waals surface area (Å²) in [7, 11) is 1.94. The van der Waals surface area contributed by atoms with Crippen LogP contribution in [0.25, 0.3) is 11.3 Å². The third-order valence-electron chi connectivity index (χ3n) is 6.72. The van der Waals surface area contributed by atoms with Crippen molar-refractivity contribution in [2.75, 3.05) is 47.9 Å². The van der Waals surface area contributed by atoms with E-state index in [-0.39, 0.29) is 17.7 Å². The summed E-state index contributed by atoms with van der Waals surface area (Å²) in [4.78, 5) is 19.3. The van der Waals surface area contributed by atoms with Crippen molar-refractivity contribution in [2.24, 2.45) is 0 Å². The number of nitrogens with zero attached hydrogens (tertiary/aromatic N) is 6. The Morgan fingerprint density at radius 3 is 2.36 bits per heavy atom. The van der Waals surface area contributed by atoms with Crippen LogP contribution in [0, 0.1) is 12.7 Å². The van der Waals surface area contributed by atoms with E-state index in [2.05, 4.69) is 18.8 Å². The van der Waals surface area contributed by atoms with Gasteiger partial charge in [0.1, 0.15) is 17.5 Å². The number of halogens is 4. The van der Waals surface area contributed by atoms with E-state index < -0.39 is 11.7 Å². The van der Waals surface area contributed by atoms with E-state index in [0.29, 0.717) is 49.2 Å². The maximum atomic E-state index is 13.9. The first-order valence-electron chi connectivity index (χ1n) is 12.0. The number of pyridine rings is 1. The molecule has 1 saturated heterocycles. The predicted octanol–water partition coefficient (Wildman–Crippen LogP) is 5.57. The van der Waals surface area contributed by atoms with Gasteiger partial charge in [-0.05, 0) is 56.2 Å². The number of rotatable bonds is 6. The Morgan fingerprint density at radius 1 is 1.03 bits per heavy atom. The molecule has 1 fully saturated rings. The molecule has 1 atom stereocenters. The molecule has 0 radical (unpaired) electrons. The van der Waals surface area contributed by atoms with Crippen molar-refractivity contribution in [1.29, 1.82) is 0 Å². The summed E-state index contributed by atoms with van der Waals surface area (Å²) in [5, 5.41) is 0. The lowest BCUT2D eigenvalue weighted by molar-refractivity contribution is -0.137. The van der Waals surface area contributed by atoms with Crippen molar-refractivity contribution in [2.45, 2.75) is 39.4 Å². The molecule has 1 aliphatic rings. The van der Waals surface area contributed by atoms with Gasteiger partial charge >= 0.3 is 6.18 Å². The lowest BCUT2D eigenvalue weighted by Gasteiger charge is -2.37. The summed E-state index contributed by atoms with van der Waals surface area (Å²) < 4.78 is 54.4. The minimum atomic E-state index is -4.47. The summed E-state index contributed by atoms with van der Waals surface area (Å²) in [5.41, 5.74) is 1.24. The van der Waals surface area contributed by atoms with E-state index in [1.54, 1.807) is 24.0 Å². The van der Waals surface area contributed by atoms with Gasteiger partial charge in [-0.25, -0.2) is 14.4 Å². The molecule has 192 valence electrons. The van der Waals surface area contributed by atoms with Crippen LogP contribution >= 0.6 is 0 Å². The fraction of sp³-hybridized carbons (Fsp3) is 0.423. The first kappa shape index (κ1) is 25.7. The molecule has 0 aliphatic carbocycles. The highest BCUT2D eigenvalue weighted by Crippen LogP contribution is 2.36. The molecule has 1 aliphatic heterocycles. The number of aryl methyl sites for hydroxylation is 1. The summed E-state index contributed by atoms with van der Waals surface area (Å²) in [6.45, 7) is 7.55. The smallest absolute Gasteiger partial charge is 0.353 e. The Kier molecular flexibility index (Phi) is 7.33. The van der Waals surface area contributed by atoms with Gasteiger partial charge in [0, 0.05) is 57.1 Å². The minimum Gasteiger partial charge on any atom is -0.353 e. The second-order valence-corrected chi connectivity index (χ2v) is 9.09. The quantitative estimate of drug-likeness (QED) is 0.411. The average molecular weight is 503 g/mol. The molecule has 0 amide bonds. The van der Waals surface area contributed by atoms with Gasteiger partial charge in [-0.3, -0.25) is 0 Å². The Bertz CT molecular complexity index is 1210. The van der Waals surface area contributed by atoms with E-state index >= 15 is 0 Å². The van der Waals surface area contributed by atoms with Crippen LogP contribution in [-0.4, -0.2) is 54.2 Å². The molecule has 4 rings (SSSR count). The summed E-state index contributed by atoms with van der Waals surface area (Å²) >= 11 is 0. The van der Waals surface area contributed by atoms with Crippen LogP contribution in [0.5, 0.6) is 0 Å². The second-order valence-electron chi connectivity index (χ2n) is 9.09. The molecular weight excluding hydrogens is 472 g/mol. The number of hydrogen-bond donors (Lipinski definition) is 0. The predicted molar refractivity (Wildman–Crippen MR) is 134 cm³/mol. The number of piperazine rings is 1. The first-order chi connectivity index (χ1) is 17.1. The monoisotopic (exact) mass is 502 g/mol. The third kappa shape index (κ3) is 5.37. The number of hydrogen-bond acceptors (Lipinski definition) is 6. The highest BCUT2D eigenvalue weighted by molar-refractivity contribution is 5.66. The van der Waals surface area contributed by atoms with Crippen LogP contribution in [0.2, 0.25) is 0 Å². The zero-order valence-corrected chi connectivity index (χ0v) is 20.8. The Labute approximate surface area is 208 Å². The number of alkyl halides is 3. The van der Waals surface area contributed by atoms with Gasteiger partial charge in [0.05, 0.1) is 11.3 Å². The molecule has 0 spiro atoms. The molecule has 3 aromatic rings. The van der Waals surface area contributed by atoms with E-state index in [1.807, 2.05) is 22.9 Å². The fourth-order valence-corrected chi connectivity index (χ4v) is 4.18. The largest absolute Gasteiger partial charge is 0.419 e. The van der Waals surface area contributed by atoms with Crippen molar-refractivity contribution in [3.63, 3.8) is 0 Å². The van der Waals surface area contributed by atoms with Crippen LogP contribution in [0.3, 0.4) is 0 Å². The lowest BCUT2D eigenvalue weighted by atomic mass is 10.1. The van der Waals surface area contributed by atoms with Gasteiger partial charge in [0.25, 0.3) is 0 Å². The second kappa shape index (κ2) is 10.3. The Hall–Kier alpha value is -3.43. The first-order valence-corrected chi connectivity index (χ1v) is 12.0. The van der Waals surface area contributed by atoms with Gasteiger partial charge in [-0.2, -0.15) is 18.2 Å². The minimum absolute atomic E-state index is 0.0491. The highest BCUT2D eigenvalue weighted by atomic mass is 19.4. The van der Waals surface area contributed by atoms with Gasteiger partial charge in [-0.1, -0.05) is 6.92 Å². The van der Waals surface area contributed by atoms with Crippen molar-refractivity contribution in [1.82, 2.24) is 15.0 Å². The standard InChI is InChI=1S/C26H30F4N6/c1-5-18(3)34(4)25-32-22(19-8-9-21(27)17(2)15-19)16-23(33-25)35-11-13-36(14-12-35)24-20(26(28,29)30)7-6-10-31-24/h6-10,15-16,18H,5,11-14H2,1-4H3. The van der Waals surface area contributed by atoms with Crippen molar-refractivity contribution >= 4 is 17.6 Å². The SMILES string of the molecule is CCC(C)N(C)c1nc(-c2ccc(F)c(C)c2)cc(N2CCN(c3ncccc3C(F)(F)F)CC2)n1. The molecule has 3 heterocycles. The van der Waals surface area contributed by atoms with E-state index in [1.165, 1.54) is 18.3 Å². The number of benzene rings is 1. The van der Waals surface area contributed by atoms with Crippen molar-refractivity contribution in [3.05, 3.63) is 59.5 Å². The highest BCUT2D eigenvalue weighted by Gasteiger charge is 2.36. The molecule has 1 aromatic carbocycles. The lowest BCUT2D eigenvalue weighted by Crippen LogP contribution is -2.47. The molecule has 10 heteroatoms.